The monoisotopic (exact) mass is 692 g/mol. The highest BCUT2D eigenvalue weighted by atomic mass is 31.2. The second kappa shape index (κ2) is 31.0. The maximum atomic E-state index is 12.6. The van der Waals surface area contributed by atoms with Crippen molar-refractivity contribution < 1.29 is 42.1 Å². The number of carbonyl (C=O) groups excluding carboxylic acids is 2. The van der Waals surface area contributed by atoms with Crippen LogP contribution in [0.4, 0.5) is 0 Å². The Hall–Kier alpha value is -0.990. The second-order valence-electron chi connectivity index (χ2n) is 14.3. The first-order valence-electron chi connectivity index (χ1n) is 19.2. The highest BCUT2D eigenvalue weighted by Gasteiger charge is 2.21. The molecular weight excluding hydrogens is 617 g/mol. The summed E-state index contributed by atoms with van der Waals surface area (Å²) in [6.45, 7) is 4.22. The highest BCUT2D eigenvalue weighted by Crippen LogP contribution is 2.38. The third kappa shape index (κ3) is 34.7. The minimum Gasteiger partial charge on any atom is -0.756 e. The summed E-state index contributed by atoms with van der Waals surface area (Å²) in [6.07, 6.45) is 26.9. The molecule has 47 heavy (non-hydrogen) atoms. The van der Waals surface area contributed by atoms with Crippen LogP contribution in [0.5, 0.6) is 0 Å². The Balaban J connectivity index is 4.42. The third-order valence-electron chi connectivity index (χ3n) is 8.38. The van der Waals surface area contributed by atoms with Gasteiger partial charge in [0.1, 0.15) is 19.8 Å². The summed E-state index contributed by atoms with van der Waals surface area (Å²) >= 11 is 0. The quantitative estimate of drug-likeness (QED) is 0.0280. The molecule has 0 saturated heterocycles. The van der Waals surface area contributed by atoms with Gasteiger partial charge in [0.05, 0.1) is 27.7 Å². The van der Waals surface area contributed by atoms with Gasteiger partial charge in [-0.2, -0.15) is 0 Å². The zero-order chi connectivity index (χ0) is 35.1. The number of carbonyl (C=O) groups is 2. The van der Waals surface area contributed by atoms with Crippen molar-refractivity contribution in [3.8, 4) is 0 Å². The van der Waals surface area contributed by atoms with Gasteiger partial charge < -0.3 is 27.9 Å². The number of phosphoric ester groups is 1. The summed E-state index contributed by atoms with van der Waals surface area (Å²) < 4.78 is 33.7. The lowest BCUT2D eigenvalue weighted by Crippen LogP contribution is -2.37. The minimum absolute atomic E-state index is 0.0262. The number of phosphoric acid groups is 1. The van der Waals surface area contributed by atoms with E-state index >= 15 is 0 Å². The van der Waals surface area contributed by atoms with Crippen LogP contribution in [0.25, 0.3) is 0 Å². The standard InChI is InChI=1S/C37H74NO8P/c1-6-8-10-12-14-16-18-20-22-24-26-28-30-37(40)46-35(34-45-47(41,42)44-32-31-38(3,4)5)33-43-36(39)29-27-25-23-21-19-17-15-13-11-9-7-2/h35H,6-34H2,1-5H3/t35-/m1/s1. The number of hydrogen-bond acceptors (Lipinski definition) is 8. The maximum absolute atomic E-state index is 12.6. The predicted molar refractivity (Wildman–Crippen MR) is 190 cm³/mol. The fourth-order valence-corrected chi connectivity index (χ4v) is 6.03. The fraction of sp³-hybridized carbons (Fsp3) is 0.946. The van der Waals surface area contributed by atoms with Crippen molar-refractivity contribution in [1.82, 2.24) is 0 Å². The number of quaternary nitrogens is 1. The number of nitrogens with zero attached hydrogens (tertiary/aromatic N) is 1. The molecule has 0 aliphatic heterocycles. The van der Waals surface area contributed by atoms with E-state index in [0.717, 1.165) is 32.1 Å². The molecule has 280 valence electrons. The molecule has 0 rings (SSSR count). The van der Waals surface area contributed by atoms with Gasteiger partial charge in [-0.25, -0.2) is 0 Å². The van der Waals surface area contributed by atoms with Crippen LogP contribution in [0.2, 0.25) is 0 Å². The molecule has 0 N–H and O–H groups in total. The molecular formula is C37H74NO8P. The first-order chi connectivity index (χ1) is 22.5. The van der Waals surface area contributed by atoms with Crippen LogP contribution in [0.3, 0.4) is 0 Å². The first-order valence-corrected chi connectivity index (χ1v) is 20.7. The first kappa shape index (κ1) is 46.0. The van der Waals surface area contributed by atoms with Gasteiger partial charge in [-0.3, -0.25) is 14.2 Å². The van der Waals surface area contributed by atoms with Crippen molar-refractivity contribution in [2.75, 3.05) is 47.5 Å². The molecule has 0 aromatic carbocycles. The van der Waals surface area contributed by atoms with Crippen LogP contribution >= 0.6 is 7.82 Å². The summed E-state index contributed by atoms with van der Waals surface area (Å²) in [5.74, 6) is -0.828. The average Bonchev–Trinajstić information content (AvgIpc) is 3.01. The summed E-state index contributed by atoms with van der Waals surface area (Å²) in [4.78, 5) is 37.3. The molecule has 0 radical (unpaired) electrons. The summed E-state index contributed by atoms with van der Waals surface area (Å²) in [5, 5.41) is 0. The molecule has 9 nitrogen and oxygen atoms in total. The van der Waals surface area contributed by atoms with Gasteiger partial charge in [0, 0.05) is 12.8 Å². The van der Waals surface area contributed by atoms with Gasteiger partial charge in [0.15, 0.2) is 6.10 Å². The average molecular weight is 692 g/mol. The maximum Gasteiger partial charge on any atom is 0.306 e. The van der Waals surface area contributed by atoms with E-state index in [0.29, 0.717) is 17.4 Å². The minimum atomic E-state index is -4.61. The van der Waals surface area contributed by atoms with Crippen molar-refractivity contribution >= 4 is 19.8 Å². The van der Waals surface area contributed by atoms with E-state index in [2.05, 4.69) is 13.8 Å². The van der Waals surface area contributed by atoms with Crippen LogP contribution in [-0.4, -0.2) is 70.0 Å². The molecule has 0 heterocycles. The molecule has 0 aromatic heterocycles. The Kier molecular flexibility index (Phi) is 30.4. The van der Waals surface area contributed by atoms with E-state index in [1.165, 1.54) is 109 Å². The van der Waals surface area contributed by atoms with Gasteiger partial charge in [0.25, 0.3) is 7.82 Å². The predicted octanol–water partition coefficient (Wildman–Crippen LogP) is 9.44. The Morgan fingerprint density at radius 1 is 0.574 bits per heavy atom. The van der Waals surface area contributed by atoms with Crippen molar-refractivity contribution in [1.29, 1.82) is 0 Å². The molecule has 0 fully saturated rings. The molecule has 10 heteroatoms. The number of esters is 2. The fourth-order valence-electron chi connectivity index (χ4n) is 5.30. The van der Waals surface area contributed by atoms with E-state index in [4.69, 9.17) is 18.5 Å². The molecule has 0 aliphatic rings. The summed E-state index contributed by atoms with van der Waals surface area (Å²) in [5.41, 5.74) is 0. The molecule has 2 atom stereocenters. The molecule has 0 aliphatic carbocycles. The Morgan fingerprint density at radius 3 is 1.36 bits per heavy atom. The third-order valence-corrected chi connectivity index (χ3v) is 9.34. The second-order valence-corrected chi connectivity index (χ2v) is 15.7. The van der Waals surface area contributed by atoms with Crippen LogP contribution in [0, 0.1) is 0 Å². The number of rotatable bonds is 35. The topological polar surface area (TPSA) is 111 Å². The lowest BCUT2D eigenvalue weighted by Gasteiger charge is -2.28. The Labute approximate surface area is 289 Å². The molecule has 0 saturated carbocycles. The summed E-state index contributed by atoms with van der Waals surface area (Å²) in [6, 6.07) is 0. The van der Waals surface area contributed by atoms with Crippen LogP contribution in [-0.2, 0) is 32.7 Å². The van der Waals surface area contributed by atoms with E-state index in [-0.39, 0.29) is 32.0 Å². The van der Waals surface area contributed by atoms with Crippen LogP contribution in [0.15, 0.2) is 0 Å². The van der Waals surface area contributed by atoms with Crippen LogP contribution < -0.4 is 4.89 Å². The zero-order valence-corrected chi connectivity index (χ0v) is 32.1. The SMILES string of the molecule is CCCCCCCCCCCCCCC(=O)O[C@H](COC(=O)CCCCCCCCCCCCC)COP(=O)([O-])OCC[N+](C)(C)C. The molecule has 0 amide bonds. The van der Waals surface area contributed by atoms with Crippen molar-refractivity contribution in [2.24, 2.45) is 0 Å². The lowest BCUT2D eigenvalue weighted by atomic mass is 10.0. The smallest absolute Gasteiger partial charge is 0.306 e. The van der Waals surface area contributed by atoms with Crippen molar-refractivity contribution in [2.45, 2.75) is 180 Å². The molecule has 1 unspecified atom stereocenters. The van der Waals surface area contributed by atoms with Crippen molar-refractivity contribution in [3.63, 3.8) is 0 Å². The van der Waals surface area contributed by atoms with Gasteiger partial charge in [-0.05, 0) is 12.8 Å². The summed E-state index contributed by atoms with van der Waals surface area (Å²) in [7, 11) is 1.18. The number of likely N-dealkylation sites (N-methyl/N-ethyl adjacent to an activating group) is 1. The molecule has 0 aromatic rings. The van der Waals surface area contributed by atoms with E-state index in [1.807, 2.05) is 21.1 Å². The van der Waals surface area contributed by atoms with Gasteiger partial charge in [0.2, 0.25) is 0 Å². The lowest BCUT2D eigenvalue weighted by molar-refractivity contribution is -0.870. The number of hydrogen-bond donors (Lipinski definition) is 0. The van der Waals surface area contributed by atoms with Gasteiger partial charge in [-0.15, -0.1) is 0 Å². The number of unbranched alkanes of at least 4 members (excludes halogenated alkanes) is 21. The molecule has 0 spiro atoms. The van der Waals surface area contributed by atoms with E-state index in [9.17, 15) is 19.0 Å². The Morgan fingerprint density at radius 2 is 0.957 bits per heavy atom. The van der Waals surface area contributed by atoms with Gasteiger partial charge in [-0.1, -0.05) is 149 Å². The van der Waals surface area contributed by atoms with E-state index in [1.54, 1.807) is 0 Å². The highest BCUT2D eigenvalue weighted by molar-refractivity contribution is 7.45. The van der Waals surface area contributed by atoms with E-state index < -0.39 is 26.5 Å². The normalized spacial score (nSPS) is 13.7. The Bertz CT molecular complexity index is 789. The molecule has 0 bridgehead atoms. The largest absolute Gasteiger partial charge is 0.756 e. The van der Waals surface area contributed by atoms with Gasteiger partial charge >= 0.3 is 11.9 Å². The van der Waals surface area contributed by atoms with Crippen molar-refractivity contribution in [3.05, 3.63) is 0 Å². The van der Waals surface area contributed by atoms with Crippen LogP contribution in [0.1, 0.15) is 174 Å². The zero-order valence-electron chi connectivity index (χ0n) is 31.2. The number of ether oxygens (including phenoxy) is 2.